The lowest BCUT2D eigenvalue weighted by Crippen LogP contribution is -2.67. The van der Waals surface area contributed by atoms with E-state index in [4.69, 9.17) is 28.1 Å². The molecule has 44 heavy (non-hydrogen) atoms. The average molecular weight is 635 g/mol. The number of nitrogens with zero attached hydrogens (tertiary/aromatic N) is 7. The van der Waals surface area contributed by atoms with Gasteiger partial charge in [0.05, 0.1) is 20.8 Å². The molecule has 0 radical (unpaired) electrons. The summed E-state index contributed by atoms with van der Waals surface area (Å²) in [6.07, 6.45) is 3.05. The van der Waals surface area contributed by atoms with E-state index in [1.807, 2.05) is 32.0 Å². The van der Waals surface area contributed by atoms with Gasteiger partial charge in [-0.05, 0) is 38.7 Å². The molecule has 1 aliphatic heterocycles. The van der Waals surface area contributed by atoms with Crippen LogP contribution in [0.15, 0.2) is 30.7 Å². The fourth-order valence-corrected chi connectivity index (χ4v) is 6.75. The van der Waals surface area contributed by atoms with E-state index < -0.39 is 11.6 Å². The van der Waals surface area contributed by atoms with E-state index in [1.54, 1.807) is 12.3 Å². The highest BCUT2D eigenvalue weighted by Crippen LogP contribution is 2.45. The SMILES string of the molecule is C[C@@H](CNc1nc(N2CC(C)(N(C)C)C2)nc2c(F)c(-c3ccc(F)c4sc(N)c(C#N)c34)c(Cl)cc12)c1cncnc1N. The Morgan fingerprint density at radius 1 is 1.25 bits per heavy atom. The quantitative estimate of drug-likeness (QED) is 0.206. The number of anilines is 4. The zero-order valence-corrected chi connectivity index (χ0v) is 26.0. The minimum absolute atomic E-state index is 0.00150. The van der Waals surface area contributed by atoms with E-state index in [1.165, 1.54) is 18.5 Å². The molecule has 10 nitrogen and oxygen atoms in total. The van der Waals surface area contributed by atoms with E-state index in [0.29, 0.717) is 42.6 Å². The highest BCUT2D eigenvalue weighted by Gasteiger charge is 2.42. The zero-order chi connectivity index (χ0) is 31.5. The third-order valence-corrected chi connectivity index (χ3v) is 9.70. The predicted molar refractivity (Wildman–Crippen MR) is 172 cm³/mol. The fourth-order valence-electron chi connectivity index (χ4n) is 5.51. The topological polar surface area (TPSA) is 146 Å². The van der Waals surface area contributed by atoms with E-state index in [0.717, 1.165) is 16.9 Å². The zero-order valence-electron chi connectivity index (χ0n) is 24.4. The Hall–Kier alpha value is -4.38. The van der Waals surface area contributed by atoms with Crippen LogP contribution < -0.4 is 21.7 Å². The minimum Gasteiger partial charge on any atom is -0.389 e. The van der Waals surface area contributed by atoms with Crippen molar-refractivity contribution in [3.05, 3.63) is 58.5 Å². The van der Waals surface area contributed by atoms with Crippen LogP contribution in [0, 0.1) is 23.0 Å². The molecule has 5 N–H and O–H groups in total. The van der Waals surface area contributed by atoms with Crippen molar-refractivity contribution in [2.75, 3.05) is 55.4 Å². The van der Waals surface area contributed by atoms with Gasteiger partial charge in [0.25, 0.3) is 0 Å². The largest absolute Gasteiger partial charge is 0.389 e. The summed E-state index contributed by atoms with van der Waals surface area (Å²) in [6.45, 7) is 5.77. The average Bonchev–Trinajstić information content (AvgIpc) is 3.32. The van der Waals surface area contributed by atoms with Crippen molar-refractivity contribution in [2.24, 2.45) is 0 Å². The van der Waals surface area contributed by atoms with Gasteiger partial charge in [0, 0.05) is 53.6 Å². The van der Waals surface area contributed by atoms with Crippen LogP contribution in [-0.2, 0) is 0 Å². The lowest BCUT2D eigenvalue weighted by Gasteiger charge is -2.51. The first-order chi connectivity index (χ1) is 20.9. The van der Waals surface area contributed by atoms with Crippen molar-refractivity contribution in [2.45, 2.75) is 25.3 Å². The highest BCUT2D eigenvalue weighted by atomic mass is 35.5. The first-order valence-corrected chi connectivity index (χ1v) is 14.9. The van der Waals surface area contributed by atoms with Crippen molar-refractivity contribution in [1.29, 1.82) is 5.26 Å². The maximum atomic E-state index is 16.8. The Morgan fingerprint density at radius 3 is 2.68 bits per heavy atom. The minimum atomic E-state index is -0.717. The van der Waals surface area contributed by atoms with Gasteiger partial charge < -0.3 is 26.6 Å². The van der Waals surface area contributed by atoms with E-state index in [9.17, 15) is 9.65 Å². The number of nitrogens with one attached hydrogen (secondary N) is 1. The molecule has 0 saturated carbocycles. The molecule has 0 amide bonds. The molecule has 0 bridgehead atoms. The molecule has 1 fully saturated rings. The van der Waals surface area contributed by atoms with E-state index >= 15 is 4.39 Å². The number of nitrogen functional groups attached to an aromatic ring is 2. The van der Waals surface area contributed by atoms with Crippen LogP contribution in [0.5, 0.6) is 0 Å². The molecule has 0 spiro atoms. The number of nitrogens with two attached hydrogens (primary N) is 2. The molecule has 2 aromatic carbocycles. The fraction of sp³-hybridized carbons (Fsp3) is 0.300. The molecule has 3 aromatic heterocycles. The number of likely N-dealkylation sites (N-methyl/N-ethyl adjacent to an activating group) is 1. The van der Waals surface area contributed by atoms with Gasteiger partial charge in [-0.1, -0.05) is 24.6 Å². The molecule has 5 aromatic rings. The summed E-state index contributed by atoms with van der Waals surface area (Å²) in [5.74, 6) is -0.267. The van der Waals surface area contributed by atoms with E-state index in [-0.39, 0.29) is 53.8 Å². The Bertz CT molecular complexity index is 1980. The number of benzene rings is 2. The van der Waals surface area contributed by atoms with Crippen LogP contribution in [0.4, 0.5) is 31.4 Å². The van der Waals surface area contributed by atoms with Crippen LogP contribution in [0.1, 0.15) is 30.9 Å². The lowest BCUT2D eigenvalue weighted by molar-refractivity contribution is 0.132. The molecule has 0 unspecified atom stereocenters. The van der Waals surface area contributed by atoms with Gasteiger partial charge in [0.1, 0.15) is 40.4 Å². The van der Waals surface area contributed by atoms with Crippen LogP contribution in [-0.4, -0.2) is 64.1 Å². The highest BCUT2D eigenvalue weighted by molar-refractivity contribution is 7.23. The molecular weight excluding hydrogens is 606 g/mol. The van der Waals surface area contributed by atoms with Crippen molar-refractivity contribution in [1.82, 2.24) is 24.8 Å². The molecule has 0 aliphatic carbocycles. The maximum absolute atomic E-state index is 16.8. The third-order valence-electron chi connectivity index (χ3n) is 8.38. The number of hydrogen-bond donors (Lipinski definition) is 3. The van der Waals surface area contributed by atoms with E-state index in [2.05, 4.69) is 32.1 Å². The molecule has 1 saturated heterocycles. The first kappa shape index (κ1) is 29.7. The third kappa shape index (κ3) is 4.79. The number of hydrogen-bond acceptors (Lipinski definition) is 11. The van der Waals surface area contributed by atoms with Crippen LogP contribution in [0.3, 0.4) is 0 Å². The van der Waals surface area contributed by atoms with Gasteiger partial charge in [0.15, 0.2) is 5.82 Å². The molecule has 1 aliphatic rings. The normalized spacial score (nSPS) is 15.0. The number of nitriles is 1. The number of aromatic nitrogens is 4. The van der Waals surface area contributed by atoms with Gasteiger partial charge in [-0.2, -0.15) is 10.2 Å². The van der Waals surface area contributed by atoms with Gasteiger partial charge in [-0.15, -0.1) is 11.3 Å². The summed E-state index contributed by atoms with van der Waals surface area (Å²) in [4.78, 5) is 21.8. The molecule has 6 rings (SSSR count). The summed E-state index contributed by atoms with van der Waals surface area (Å²) < 4.78 is 31.7. The summed E-state index contributed by atoms with van der Waals surface area (Å²) in [5, 5.41) is 13.9. The van der Waals surface area contributed by atoms with Crippen molar-refractivity contribution < 1.29 is 8.78 Å². The van der Waals surface area contributed by atoms with Gasteiger partial charge in [-0.3, -0.25) is 0 Å². The monoisotopic (exact) mass is 634 g/mol. The van der Waals surface area contributed by atoms with Crippen LogP contribution in [0.2, 0.25) is 5.02 Å². The Balaban J connectivity index is 1.51. The summed E-state index contributed by atoms with van der Waals surface area (Å²) in [5.41, 5.74) is 13.1. The second kappa shape index (κ2) is 11.0. The second-order valence-corrected chi connectivity index (χ2v) is 12.9. The number of halogens is 3. The van der Waals surface area contributed by atoms with Gasteiger partial charge in [0.2, 0.25) is 5.95 Å². The predicted octanol–water partition coefficient (Wildman–Crippen LogP) is 5.63. The van der Waals surface area contributed by atoms with Crippen LogP contribution in [0.25, 0.3) is 32.1 Å². The Labute approximate surface area is 261 Å². The molecule has 14 heteroatoms. The molecule has 4 heterocycles. The first-order valence-electron chi connectivity index (χ1n) is 13.8. The summed E-state index contributed by atoms with van der Waals surface area (Å²) in [7, 11) is 4.02. The standard InChI is InChI=1S/C30H29ClF2N10S/c1-14(18-10-37-13-39-26(18)35)9-38-28-16-7-19(31)22(15-5-6-20(32)25-21(15)17(8-34)27(36)44-25)23(33)24(16)40-29(41-28)43-11-30(2,12-43)42(3)4/h5-7,10,13-14H,9,11-12,36H2,1-4H3,(H2,35,37,39)(H,38,40,41)/t14-/m0/s1. The molecular formula is C30H29ClF2N10S. The smallest absolute Gasteiger partial charge is 0.228 e. The molecule has 1 atom stereocenters. The number of rotatable bonds is 7. The molecule has 226 valence electrons. The van der Waals surface area contributed by atoms with Crippen molar-refractivity contribution in [3.8, 4) is 17.2 Å². The number of thiophene rings is 1. The maximum Gasteiger partial charge on any atom is 0.228 e. The van der Waals surface area contributed by atoms with Crippen molar-refractivity contribution in [3.63, 3.8) is 0 Å². The summed E-state index contributed by atoms with van der Waals surface area (Å²) >= 11 is 7.71. The Kier molecular flexibility index (Phi) is 7.39. The lowest BCUT2D eigenvalue weighted by atomic mass is 9.91. The van der Waals surface area contributed by atoms with Crippen molar-refractivity contribution >= 4 is 66.5 Å². The second-order valence-electron chi connectivity index (χ2n) is 11.5. The number of fused-ring (bicyclic) bond motifs is 2. The van der Waals surface area contributed by atoms with Crippen LogP contribution >= 0.6 is 22.9 Å². The Morgan fingerprint density at radius 2 is 2.00 bits per heavy atom. The summed E-state index contributed by atoms with van der Waals surface area (Å²) in [6, 6.07) is 6.25. The van der Waals surface area contributed by atoms with Gasteiger partial charge >= 0.3 is 0 Å². The van der Waals surface area contributed by atoms with Gasteiger partial charge in [-0.25, -0.2) is 23.7 Å².